The van der Waals surface area contributed by atoms with E-state index < -0.39 is 0 Å². The average Bonchev–Trinajstić information content (AvgIpc) is 3.07. The standard InChI is InChI=1S/C22H27N3O4/c1-14-8-10-16(11-9-14)21(26)25-24-17-6-4-7-18-19(17)15(2)20(29-18)22(27)23-12-5-13-28-3/h8-11H,4-7,12-13H2,1-3H3,(H,23,27)(H,25,26)/b24-17+. The van der Waals surface area contributed by atoms with E-state index in [9.17, 15) is 9.59 Å². The van der Waals surface area contributed by atoms with Gasteiger partial charge in [-0.05, 0) is 45.2 Å². The van der Waals surface area contributed by atoms with E-state index in [4.69, 9.17) is 9.15 Å². The number of carbonyl (C=O) groups excluding carboxylic acids is 2. The number of ether oxygens (including phenoxy) is 1. The van der Waals surface area contributed by atoms with Gasteiger partial charge in [0.2, 0.25) is 0 Å². The van der Waals surface area contributed by atoms with Gasteiger partial charge in [-0.1, -0.05) is 17.7 Å². The van der Waals surface area contributed by atoms with Gasteiger partial charge < -0.3 is 14.5 Å². The highest BCUT2D eigenvalue weighted by molar-refractivity contribution is 6.07. The molecular weight excluding hydrogens is 370 g/mol. The van der Waals surface area contributed by atoms with Crippen LogP contribution in [0.25, 0.3) is 0 Å². The van der Waals surface area contributed by atoms with Gasteiger partial charge in [-0.25, -0.2) is 5.43 Å². The van der Waals surface area contributed by atoms with Gasteiger partial charge in [0.1, 0.15) is 5.76 Å². The number of nitrogens with one attached hydrogen (secondary N) is 2. The molecule has 0 atom stereocenters. The zero-order valence-corrected chi connectivity index (χ0v) is 17.1. The van der Waals surface area contributed by atoms with Crippen LogP contribution in [0.4, 0.5) is 0 Å². The van der Waals surface area contributed by atoms with Crippen molar-refractivity contribution >= 4 is 17.5 Å². The molecule has 0 saturated heterocycles. The van der Waals surface area contributed by atoms with Crippen LogP contribution < -0.4 is 10.7 Å². The lowest BCUT2D eigenvalue weighted by atomic mass is 9.93. The quantitative estimate of drug-likeness (QED) is 0.554. The van der Waals surface area contributed by atoms with E-state index in [1.165, 1.54) is 0 Å². The van der Waals surface area contributed by atoms with Crippen LogP contribution in [0.15, 0.2) is 33.8 Å². The first kappa shape index (κ1) is 20.8. The number of aryl methyl sites for hydroxylation is 2. The van der Waals surface area contributed by atoms with Gasteiger partial charge in [0.05, 0.1) is 5.71 Å². The molecule has 1 aliphatic carbocycles. The van der Waals surface area contributed by atoms with Crippen molar-refractivity contribution in [2.24, 2.45) is 5.10 Å². The molecule has 2 amide bonds. The number of amides is 2. The van der Waals surface area contributed by atoms with E-state index in [1.807, 2.05) is 26.0 Å². The Morgan fingerprint density at radius 1 is 1.14 bits per heavy atom. The van der Waals surface area contributed by atoms with E-state index in [-0.39, 0.29) is 11.8 Å². The van der Waals surface area contributed by atoms with Crippen molar-refractivity contribution in [3.05, 3.63) is 58.0 Å². The predicted octanol–water partition coefficient (Wildman–Crippen LogP) is 3.13. The maximum atomic E-state index is 12.5. The van der Waals surface area contributed by atoms with Crippen LogP contribution in [0.3, 0.4) is 0 Å². The van der Waals surface area contributed by atoms with Crippen LogP contribution in [0.5, 0.6) is 0 Å². The summed E-state index contributed by atoms with van der Waals surface area (Å²) in [6, 6.07) is 7.32. The Balaban J connectivity index is 1.74. The summed E-state index contributed by atoms with van der Waals surface area (Å²) in [4.78, 5) is 24.8. The van der Waals surface area contributed by atoms with E-state index in [1.54, 1.807) is 19.2 Å². The van der Waals surface area contributed by atoms with E-state index in [0.717, 1.165) is 53.8 Å². The molecule has 0 spiro atoms. The molecule has 2 aromatic rings. The highest BCUT2D eigenvalue weighted by Crippen LogP contribution is 2.29. The Morgan fingerprint density at radius 2 is 1.90 bits per heavy atom. The summed E-state index contributed by atoms with van der Waals surface area (Å²) >= 11 is 0. The number of carbonyl (C=O) groups is 2. The first-order chi connectivity index (χ1) is 14.0. The van der Waals surface area contributed by atoms with E-state index >= 15 is 0 Å². The van der Waals surface area contributed by atoms with Crippen LogP contribution in [-0.4, -0.2) is 37.8 Å². The molecule has 0 bridgehead atoms. The van der Waals surface area contributed by atoms with Crippen LogP contribution in [-0.2, 0) is 11.2 Å². The number of nitrogens with zero attached hydrogens (tertiary/aromatic N) is 1. The maximum Gasteiger partial charge on any atom is 0.287 e. The number of methoxy groups -OCH3 is 1. The van der Waals surface area contributed by atoms with Crippen molar-refractivity contribution in [3.63, 3.8) is 0 Å². The van der Waals surface area contributed by atoms with E-state index in [2.05, 4.69) is 15.8 Å². The van der Waals surface area contributed by atoms with E-state index in [0.29, 0.717) is 24.5 Å². The zero-order valence-electron chi connectivity index (χ0n) is 17.1. The van der Waals surface area contributed by atoms with Crippen molar-refractivity contribution < 1.29 is 18.7 Å². The van der Waals surface area contributed by atoms with Gasteiger partial charge in [-0.15, -0.1) is 0 Å². The van der Waals surface area contributed by atoms with Gasteiger partial charge >= 0.3 is 0 Å². The van der Waals surface area contributed by atoms with Crippen LogP contribution in [0.1, 0.15) is 62.6 Å². The molecule has 0 unspecified atom stereocenters. The van der Waals surface area contributed by atoms with Crippen LogP contribution in [0.2, 0.25) is 0 Å². The summed E-state index contributed by atoms with van der Waals surface area (Å²) in [6.07, 6.45) is 3.06. The topological polar surface area (TPSA) is 92.9 Å². The van der Waals surface area contributed by atoms with Gasteiger partial charge in [0.25, 0.3) is 11.8 Å². The molecule has 2 N–H and O–H groups in total. The van der Waals surface area contributed by atoms with Gasteiger partial charge in [-0.2, -0.15) is 5.10 Å². The molecule has 1 aromatic heterocycles. The normalized spacial score (nSPS) is 14.5. The Kier molecular flexibility index (Phi) is 6.82. The lowest BCUT2D eigenvalue weighted by Crippen LogP contribution is -2.25. The second-order valence-electron chi connectivity index (χ2n) is 7.18. The molecule has 1 aromatic carbocycles. The second kappa shape index (κ2) is 9.52. The minimum Gasteiger partial charge on any atom is -0.455 e. The zero-order chi connectivity index (χ0) is 20.8. The third-order valence-corrected chi connectivity index (χ3v) is 4.95. The highest BCUT2D eigenvalue weighted by atomic mass is 16.5. The summed E-state index contributed by atoms with van der Waals surface area (Å²) in [5.41, 5.74) is 6.61. The smallest absolute Gasteiger partial charge is 0.287 e. The Morgan fingerprint density at radius 3 is 2.62 bits per heavy atom. The number of hydrazone groups is 1. The maximum absolute atomic E-state index is 12.5. The molecule has 7 nitrogen and oxygen atoms in total. The number of furan rings is 1. The summed E-state index contributed by atoms with van der Waals surface area (Å²) in [6.45, 7) is 4.93. The monoisotopic (exact) mass is 397 g/mol. The SMILES string of the molecule is COCCCNC(=O)c1oc2c(c1C)/C(=N/NC(=O)c1ccc(C)cc1)CCC2. The summed E-state index contributed by atoms with van der Waals surface area (Å²) in [7, 11) is 1.63. The van der Waals surface area contributed by atoms with Gasteiger partial charge in [0, 0.05) is 43.4 Å². The molecule has 7 heteroatoms. The lowest BCUT2D eigenvalue weighted by Gasteiger charge is -2.13. The molecular formula is C22H27N3O4. The van der Waals surface area contributed by atoms with Gasteiger partial charge in [-0.3, -0.25) is 9.59 Å². The Labute approximate surface area is 170 Å². The first-order valence-corrected chi connectivity index (χ1v) is 9.84. The average molecular weight is 397 g/mol. The number of benzene rings is 1. The minimum atomic E-state index is -0.262. The first-order valence-electron chi connectivity index (χ1n) is 9.84. The third kappa shape index (κ3) is 4.92. The molecule has 29 heavy (non-hydrogen) atoms. The molecule has 1 heterocycles. The molecule has 0 fully saturated rings. The van der Waals surface area contributed by atoms with Crippen molar-refractivity contribution in [1.82, 2.24) is 10.7 Å². The van der Waals surface area contributed by atoms with Crippen LogP contribution >= 0.6 is 0 Å². The number of hydrogen-bond acceptors (Lipinski definition) is 5. The second-order valence-corrected chi connectivity index (χ2v) is 7.18. The van der Waals surface area contributed by atoms with Crippen LogP contribution in [0, 0.1) is 13.8 Å². The minimum absolute atomic E-state index is 0.240. The summed E-state index contributed by atoms with van der Waals surface area (Å²) in [5.74, 6) is 0.559. The van der Waals surface area contributed by atoms with Crippen molar-refractivity contribution in [2.45, 2.75) is 39.5 Å². The fraction of sp³-hybridized carbons (Fsp3) is 0.409. The fourth-order valence-electron chi connectivity index (χ4n) is 3.38. The number of rotatable bonds is 7. The van der Waals surface area contributed by atoms with Crippen molar-refractivity contribution in [3.8, 4) is 0 Å². The van der Waals surface area contributed by atoms with Crippen molar-refractivity contribution in [1.29, 1.82) is 0 Å². The summed E-state index contributed by atoms with van der Waals surface area (Å²) in [5, 5.41) is 7.20. The molecule has 0 saturated carbocycles. The number of hydrogen-bond donors (Lipinski definition) is 2. The third-order valence-electron chi connectivity index (χ3n) is 4.95. The van der Waals surface area contributed by atoms with Crippen molar-refractivity contribution in [2.75, 3.05) is 20.3 Å². The molecule has 0 radical (unpaired) electrons. The fourth-order valence-corrected chi connectivity index (χ4v) is 3.38. The molecule has 0 aliphatic heterocycles. The summed E-state index contributed by atoms with van der Waals surface area (Å²) < 4.78 is 10.8. The lowest BCUT2D eigenvalue weighted by molar-refractivity contribution is 0.0916. The molecule has 3 rings (SSSR count). The number of fused-ring (bicyclic) bond motifs is 1. The Bertz CT molecular complexity index is 913. The Hall–Kier alpha value is -2.93. The van der Waals surface area contributed by atoms with Gasteiger partial charge in [0.15, 0.2) is 5.76 Å². The largest absolute Gasteiger partial charge is 0.455 e. The molecule has 1 aliphatic rings. The predicted molar refractivity (Wildman–Crippen MR) is 110 cm³/mol. The molecule has 154 valence electrons. The highest BCUT2D eigenvalue weighted by Gasteiger charge is 2.28.